The summed E-state index contributed by atoms with van der Waals surface area (Å²) in [6, 6.07) is 8.28. The number of hydrogen-bond donors (Lipinski definition) is 2. The minimum atomic E-state index is 0.191. The predicted octanol–water partition coefficient (Wildman–Crippen LogP) is 2.87. The van der Waals surface area contributed by atoms with Gasteiger partial charge in [-0.05, 0) is 74.6 Å². The Balaban J connectivity index is 1.61. The molecule has 3 aliphatic rings. The minimum Gasteiger partial charge on any atom is -0.508 e. The maximum Gasteiger partial charge on any atom is 0.115 e. The van der Waals surface area contributed by atoms with E-state index in [0.717, 1.165) is 18.8 Å². The molecule has 1 saturated heterocycles. The Morgan fingerprint density at radius 2 is 2.09 bits per heavy atom. The summed E-state index contributed by atoms with van der Waals surface area (Å²) in [4.78, 5) is 2.69. The average molecular weight is 300 g/mol. The van der Waals surface area contributed by atoms with Crippen LogP contribution in [0.1, 0.15) is 44.1 Å². The van der Waals surface area contributed by atoms with Gasteiger partial charge in [-0.3, -0.25) is 0 Å². The Kier molecular flexibility index (Phi) is 3.66. The van der Waals surface area contributed by atoms with E-state index < -0.39 is 0 Å². The molecule has 3 atom stereocenters. The van der Waals surface area contributed by atoms with E-state index in [1.807, 2.05) is 12.1 Å². The molecule has 3 unspecified atom stereocenters. The zero-order valence-corrected chi connectivity index (χ0v) is 13.4. The summed E-state index contributed by atoms with van der Waals surface area (Å²) in [6.45, 7) is 3.72. The van der Waals surface area contributed by atoms with Gasteiger partial charge in [0, 0.05) is 24.5 Å². The smallest absolute Gasteiger partial charge is 0.115 e. The number of fused-ring (bicyclic) bond motifs is 1. The van der Waals surface area contributed by atoms with Gasteiger partial charge in [0.25, 0.3) is 0 Å². The Labute approximate surface area is 133 Å². The molecule has 22 heavy (non-hydrogen) atoms. The predicted molar refractivity (Wildman–Crippen MR) is 88.9 cm³/mol. The highest BCUT2D eigenvalue weighted by atomic mass is 16.3. The number of piperidine rings is 1. The first kappa shape index (κ1) is 14.5. The number of hydrogen-bond acceptors (Lipinski definition) is 3. The standard InChI is InChI=1S/C19H28N2O/c20-17-7-6-16-13-21(12-14-4-5-14)9-8-19(16,11-17)15-2-1-3-18(22)10-15/h1-3,10,14,16-17,22H,4-9,11-13,20H2. The summed E-state index contributed by atoms with van der Waals surface area (Å²) in [5, 5.41) is 9.93. The molecular weight excluding hydrogens is 272 g/mol. The van der Waals surface area contributed by atoms with Crippen molar-refractivity contribution in [1.82, 2.24) is 4.90 Å². The van der Waals surface area contributed by atoms with Crippen LogP contribution in [0.2, 0.25) is 0 Å². The first-order chi connectivity index (χ1) is 10.7. The topological polar surface area (TPSA) is 49.5 Å². The SMILES string of the molecule is NC1CCC2CN(CC3CC3)CCC2(c2cccc(O)c2)C1. The fourth-order valence-electron chi connectivity index (χ4n) is 4.91. The van der Waals surface area contributed by atoms with E-state index in [9.17, 15) is 5.11 Å². The summed E-state index contributed by atoms with van der Waals surface area (Å²) in [5.41, 5.74) is 7.86. The molecule has 1 aliphatic heterocycles. The first-order valence-electron chi connectivity index (χ1n) is 8.93. The van der Waals surface area contributed by atoms with Gasteiger partial charge in [0.15, 0.2) is 0 Å². The van der Waals surface area contributed by atoms with E-state index >= 15 is 0 Å². The molecule has 0 aromatic heterocycles. The van der Waals surface area contributed by atoms with Gasteiger partial charge in [-0.1, -0.05) is 12.1 Å². The number of aromatic hydroxyl groups is 1. The van der Waals surface area contributed by atoms with E-state index in [4.69, 9.17) is 5.73 Å². The van der Waals surface area contributed by atoms with Crippen LogP contribution in [0.25, 0.3) is 0 Å². The van der Waals surface area contributed by atoms with Crippen molar-refractivity contribution in [2.75, 3.05) is 19.6 Å². The Bertz CT molecular complexity index is 542. The monoisotopic (exact) mass is 300 g/mol. The molecule has 4 rings (SSSR count). The largest absolute Gasteiger partial charge is 0.508 e. The summed E-state index contributed by atoms with van der Waals surface area (Å²) < 4.78 is 0. The van der Waals surface area contributed by atoms with Gasteiger partial charge in [0.1, 0.15) is 5.75 Å². The fraction of sp³-hybridized carbons (Fsp3) is 0.684. The Morgan fingerprint density at radius 3 is 2.86 bits per heavy atom. The molecule has 3 nitrogen and oxygen atoms in total. The van der Waals surface area contributed by atoms with Gasteiger partial charge in [0.2, 0.25) is 0 Å². The molecule has 3 heteroatoms. The molecule has 0 radical (unpaired) electrons. The van der Waals surface area contributed by atoms with Crippen molar-refractivity contribution in [1.29, 1.82) is 0 Å². The van der Waals surface area contributed by atoms with Gasteiger partial charge in [0.05, 0.1) is 0 Å². The van der Waals surface area contributed by atoms with Crippen molar-refractivity contribution in [3.8, 4) is 5.75 Å². The van der Waals surface area contributed by atoms with Crippen molar-refractivity contribution in [2.24, 2.45) is 17.6 Å². The van der Waals surface area contributed by atoms with Crippen molar-refractivity contribution in [3.05, 3.63) is 29.8 Å². The van der Waals surface area contributed by atoms with E-state index in [2.05, 4.69) is 11.0 Å². The van der Waals surface area contributed by atoms with Crippen LogP contribution in [0.3, 0.4) is 0 Å². The van der Waals surface area contributed by atoms with Gasteiger partial charge >= 0.3 is 0 Å². The van der Waals surface area contributed by atoms with Crippen LogP contribution in [0.15, 0.2) is 24.3 Å². The molecule has 1 heterocycles. The second-order valence-corrected chi connectivity index (χ2v) is 7.90. The normalized spacial score (nSPS) is 36.0. The lowest BCUT2D eigenvalue weighted by Crippen LogP contribution is -2.55. The number of rotatable bonds is 3. The second-order valence-electron chi connectivity index (χ2n) is 7.90. The van der Waals surface area contributed by atoms with Crippen molar-refractivity contribution < 1.29 is 5.11 Å². The van der Waals surface area contributed by atoms with Crippen LogP contribution in [0.5, 0.6) is 5.75 Å². The molecular formula is C19H28N2O. The Morgan fingerprint density at radius 1 is 1.23 bits per heavy atom. The van der Waals surface area contributed by atoms with Gasteiger partial charge < -0.3 is 15.7 Å². The first-order valence-corrected chi connectivity index (χ1v) is 8.93. The number of likely N-dealkylation sites (tertiary alicyclic amines) is 1. The molecule has 0 bridgehead atoms. The van der Waals surface area contributed by atoms with E-state index in [0.29, 0.717) is 17.7 Å². The number of nitrogens with two attached hydrogens (primary N) is 1. The lowest BCUT2D eigenvalue weighted by molar-refractivity contribution is 0.0470. The number of phenolic OH excluding ortho intramolecular Hbond substituents is 1. The average Bonchev–Trinajstić information content (AvgIpc) is 3.31. The van der Waals surface area contributed by atoms with Crippen LogP contribution in [-0.2, 0) is 5.41 Å². The molecule has 120 valence electrons. The van der Waals surface area contributed by atoms with Crippen LogP contribution in [0.4, 0.5) is 0 Å². The van der Waals surface area contributed by atoms with Crippen molar-refractivity contribution >= 4 is 0 Å². The lowest BCUT2D eigenvalue weighted by atomic mass is 9.58. The summed E-state index contributed by atoms with van der Waals surface area (Å²) in [7, 11) is 0. The number of phenols is 1. The van der Waals surface area contributed by atoms with Crippen LogP contribution in [0, 0.1) is 11.8 Å². The van der Waals surface area contributed by atoms with Gasteiger partial charge in [-0.15, -0.1) is 0 Å². The molecule has 2 aliphatic carbocycles. The molecule has 1 aromatic carbocycles. The highest BCUT2D eigenvalue weighted by Gasteiger charge is 2.47. The molecule has 3 N–H and O–H groups in total. The Hall–Kier alpha value is -1.06. The maximum atomic E-state index is 9.93. The van der Waals surface area contributed by atoms with Crippen molar-refractivity contribution in [2.45, 2.75) is 50.0 Å². The van der Waals surface area contributed by atoms with Crippen LogP contribution < -0.4 is 5.73 Å². The lowest BCUT2D eigenvalue weighted by Gasteiger charge is -2.52. The summed E-state index contributed by atoms with van der Waals surface area (Å²) in [6.07, 6.45) is 7.54. The molecule has 0 spiro atoms. The van der Waals surface area contributed by atoms with Gasteiger partial charge in [-0.2, -0.15) is 0 Å². The molecule has 0 amide bonds. The molecule has 1 aromatic rings. The fourth-order valence-corrected chi connectivity index (χ4v) is 4.91. The summed E-state index contributed by atoms with van der Waals surface area (Å²) >= 11 is 0. The minimum absolute atomic E-state index is 0.191. The van der Waals surface area contributed by atoms with Gasteiger partial charge in [-0.25, -0.2) is 0 Å². The maximum absolute atomic E-state index is 9.93. The third kappa shape index (κ3) is 2.65. The van der Waals surface area contributed by atoms with E-state index in [-0.39, 0.29) is 5.41 Å². The van der Waals surface area contributed by atoms with E-state index in [1.54, 1.807) is 6.07 Å². The zero-order chi connectivity index (χ0) is 15.2. The molecule has 2 saturated carbocycles. The zero-order valence-electron chi connectivity index (χ0n) is 13.4. The van der Waals surface area contributed by atoms with E-state index in [1.165, 1.54) is 50.9 Å². The quantitative estimate of drug-likeness (QED) is 0.902. The number of nitrogens with zero attached hydrogens (tertiary/aromatic N) is 1. The highest BCUT2D eigenvalue weighted by molar-refractivity contribution is 5.35. The van der Waals surface area contributed by atoms with Crippen molar-refractivity contribution in [3.63, 3.8) is 0 Å². The molecule has 3 fully saturated rings. The van der Waals surface area contributed by atoms with Crippen LogP contribution in [-0.4, -0.2) is 35.7 Å². The highest BCUT2D eigenvalue weighted by Crippen LogP contribution is 2.49. The van der Waals surface area contributed by atoms with Crippen LogP contribution >= 0.6 is 0 Å². The third-order valence-electron chi connectivity index (χ3n) is 6.28. The summed E-state index contributed by atoms with van der Waals surface area (Å²) in [5.74, 6) is 2.06. The number of benzene rings is 1. The second kappa shape index (κ2) is 5.54. The third-order valence-corrected chi connectivity index (χ3v) is 6.28.